The highest BCUT2D eigenvalue weighted by atomic mass is 15.3. The lowest BCUT2D eigenvalue weighted by atomic mass is 10.1. The van der Waals surface area contributed by atoms with Gasteiger partial charge in [-0.15, -0.1) is 0 Å². The molecule has 3 heteroatoms. The fourth-order valence-electron chi connectivity index (χ4n) is 1.79. The highest BCUT2D eigenvalue weighted by molar-refractivity contribution is 5.13. The lowest BCUT2D eigenvalue weighted by Gasteiger charge is -2.06. The monoisotopic (exact) mass is 207 g/mol. The molecule has 0 amide bonds. The summed E-state index contributed by atoms with van der Waals surface area (Å²) in [5, 5.41) is 4.36. The molecule has 0 bridgehead atoms. The number of aromatic nitrogens is 2. The first-order valence-electron chi connectivity index (χ1n) is 5.94. The van der Waals surface area contributed by atoms with Crippen molar-refractivity contribution >= 4 is 0 Å². The lowest BCUT2D eigenvalue weighted by molar-refractivity contribution is 0.486. The van der Waals surface area contributed by atoms with E-state index in [0.29, 0.717) is 5.92 Å². The van der Waals surface area contributed by atoms with Crippen molar-refractivity contribution in [2.24, 2.45) is 17.6 Å². The zero-order valence-electron chi connectivity index (χ0n) is 9.69. The second-order valence-corrected chi connectivity index (χ2v) is 5.08. The Morgan fingerprint density at radius 1 is 1.53 bits per heavy atom. The van der Waals surface area contributed by atoms with Gasteiger partial charge in [0.15, 0.2) is 0 Å². The Morgan fingerprint density at radius 3 is 2.87 bits per heavy atom. The normalized spacial score (nSPS) is 18.4. The summed E-state index contributed by atoms with van der Waals surface area (Å²) >= 11 is 0. The predicted molar refractivity (Wildman–Crippen MR) is 61.3 cm³/mol. The summed E-state index contributed by atoms with van der Waals surface area (Å²) in [6, 6.07) is 0.220. The Bertz CT molecular complexity index is 312. The van der Waals surface area contributed by atoms with Gasteiger partial charge in [0.1, 0.15) is 0 Å². The van der Waals surface area contributed by atoms with Crippen molar-refractivity contribution < 1.29 is 0 Å². The fraction of sp³-hybridized carbons (Fsp3) is 0.750. The SMILES string of the molecule is CC(C)CCn1cc([C@@H](N)C2CC2)cn1. The van der Waals surface area contributed by atoms with Crippen molar-refractivity contribution in [2.75, 3.05) is 0 Å². The first-order valence-corrected chi connectivity index (χ1v) is 5.94. The molecule has 0 spiro atoms. The van der Waals surface area contributed by atoms with Gasteiger partial charge in [0, 0.05) is 24.3 Å². The molecular weight excluding hydrogens is 186 g/mol. The van der Waals surface area contributed by atoms with Gasteiger partial charge in [-0.2, -0.15) is 5.10 Å². The molecule has 0 unspecified atom stereocenters. The zero-order chi connectivity index (χ0) is 10.8. The van der Waals surface area contributed by atoms with Crippen molar-refractivity contribution in [1.82, 2.24) is 9.78 Å². The summed E-state index contributed by atoms with van der Waals surface area (Å²) in [7, 11) is 0. The lowest BCUT2D eigenvalue weighted by Crippen LogP contribution is -2.11. The van der Waals surface area contributed by atoms with Crippen LogP contribution in [0.15, 0.2) is 12.4 Å². The molecule has 15 heavy (non-hydrogen) atoms. The molecule has 3 nitrogen and oxygen atoms in total. The van der Waals surface area contributed by atoms with Crippen LogP contribution >= 0.6 is 0 Å². The standard InChI is InChI=1S/C12H21N3/c1-9(2)5-6-15-8-11(7-14-15)12(13)10-3-4-10/h7-10,12H,3-6,13H2,1-2H3/t12-/m0/s1. The maximum Gasteiger partial charge on any atom is 0.0537 e. The number of hydrogen-bond acceptors (Lipinski definition) is 2. The first kappa shape index (κ1) is 10.7. The third-order valence-electron chi connectivity index (χ3n) is 3.10. The topological polar surface area (TPSA) is 43.8 Å². The first-order chi connectivity index (χ1) is 7.16. The van der Waals surface area contributed by atoms with Gasteiger partial charge in [-0.3, -0.25) is 4.68 Å². The van der Waals surface area contributed by atoms with Crippen molar-refractivity contribution in [2.45, 2.75) is 45.7 Å². The number of hydrogen-bond donors (Lipinski definition) is 1. The Kier molecular flexibility index (Phi) is 3.10. The van der Waals surface area contributed by atoms with E-state index in [2.05, 4.69) is 25.1 Å². The van der Waals surface area contributed by atoms with E-state index in [1.54, 1.807) is 0 Å². The van der Waals surface area contributed by atoms with Gasteiger partial charge >= 0.3 is 0 Å². The molecule has 1 atom stereocenters. The molecule has 2 rings (SSSR count). The third kappa shape index (κ3) is 2.81. The van der Waals surface area contributed by atoms with Crippen molar-refractivity contribution in [3.63, 3.8) is 0 Å². The maximum absolute atomic E-state index is 6.12. The van der Waals surface area contributed by atoms with Gasteiger partial charge in [-0.25, -0.2) is 0 Å². The highest BCUT2D eigenvalue weighted by Crippen LogP contribution is 2.39. The minimum absolute atomic E-state index is 0.220. The van der Waals surface area contributed by atoms with Gasteiger partial charge in [0.25, 0.3) is 0 Å². The molecule has 84 valence electrons. The molecular formula is C12H21N3. The molecule has 0 radical (unpaired) electrons. The van der Waals surface area contributed by atoms with Gasteiger partial charge in [-0.1, -0.05) is 13.8 Å². The van der Waals surface area contributed by atoms with Gasteiger partial charge in [-0.05, 0) is 31.1 Å². The summed E-state index contributed by atoms with van der Waals surface area (Å²) in [6.45, 7) is 5.48. The van der Waals surface area contributed by atoms with E-state index in [9.17, 15) is 0 Å². The summed E-state index contributed by atoms with van der Waals surface area (Å²) in [6.07, 6.45) is 7.81. The predicted octanol–water partition coefficient (Wildman–Crippen LogP) is 2.34. The van der Waals surface area contributed by atoms with Crippen LogP contribution in [0.4, 0.5) is 0 Å². The fourth-order valence-corrected chi connectivity index (χ4v) is 1.79. The van der Waals surface area contributed by atoms with Gasteiger partial charge in [0.2, 0.25) is 0 Å². The highest BCUT2D eigenvalue weighted by Gasteiger charge is 2.30. The summed E-state index contributed by atoms with van der Waals surface area (Å²) in [5.41, 5.74) is 7.33. The van der Waals surface area contributed by atoms with E-state index in [1.165, 1.54) is 24.8 Å². The Labute approximate surface area is 91.7 Å². The van der Waals surface area contributed by atoms with E-state index < -0.39 is 0 Å². The zero-order valence-corrected chi connectivity index (χ0v) is 9.69. The van der Waals surface area contributed by atoms with Gasteiger partial charge < -0.3 is 5.73 Å². The van der Waals surface area contributed by atoms with E-state index in [0.717, 1.165) is 12.5 Å². The van der Waals surface area contributed by atoms with Crippen molar-refractivity contribution in [3.8, 4) is 0 Å². The van der Waals surface area contributed by atoms with E-state index in [4.69, 9.17) is 5.73 Å². The smallest absolute Gasteiger partial charge is 0.0537 e. The molecule has 0 aliphatic heterocycles. The molecule has 1 aromatic heterocycles. The van der Waals surface area contributed by atoms with Crippen LogP contribution in [0.2, 0.25) is 0 Å². The summed E-state index contributed by atoms with van der Waals surface area (Å²) < 4.78 is 2.03. The average Bonchev–Trinajstić information content (AvgIpc) is 2.93. The summed E-state index contributed by atoms with van der Waals surface area (Å²) in [5.74, 6) is 1.45. The average molecular weight is 207 g/mol. The van der Waals surface area contributed by atoms with Crippen molar-refractivity contribution in [3.05, 3.63) is 18.0 Å². The van der Waals surface area contributed by atoms with E-state index in [-0.39, 0.29) is 6.04 Å². The largest absolute Gasteiger partial charge is 0.324 e. The van der Waals surface area contributed by atoms with Crippen LogP contribution in [0, 0.1) is 11.8 Å². The molecule has 1 aromatic rings. The third-order valence-corrected chi connectivity index (χ3v) is 3.10. The minimum atomic E-state index is 0.220. The van der Waals surface area contributed by atoms with Gasteiger partial charge in [0.05, 0.1) is 6.20 Å². The van der Waals surface area contributed by atoms with E-state index >= 15 is 0 Å². The van der Waals surface area contributed by atoms with Crippen LogP contribution in [0.1, 0.15) is 44.7 Å². The number of nitrogens with zero attached hydrogens (tertiary/aromatic N) is 2. The molecule has 1 aliphatic rings. The second-order valence-electron chi connectivity index (χ2n) is 5.08. The Hall–Kier alpha value is -0.830. The Balaban J connectivity index is 1.91. The van der Waals surface area contributed by atoms with Crippen LogP contribution in [0.5, 0.6) is 0 Å². The molecule has 1 aliphatic carbocycles. The second kappa shape index (κ2) is 4.35. The molecule has 1 saturated carbocycles. The molecule has 0 aromatic carbocycles. The van der Waals surface area contributed by atoms with Crippen LogP contribution < -0.4 is 5.73 Å². The number of aryl methyl sites for hydroxylation is 1. The van der Waals surface area contributed by atoms with Crippen molar-refractivity contribution in [1.29, 1.82) is 0 Å². The van der Waals surface area contributed by atoms with E-state index in [1.807, 2.05) is 10.9 Å². The summed E-state index contributed by atoms with van der Waals surface area (Å²) in [4.78, 5) is 0. The minimum Gasteiger partial charge on any atom is -0.324 e. The van der Waals surface area contributed by atoms with Crippen LogP contribution in [-0.4, -0.2) is 9.78 Å². The molecule has 1 heterocycles. The quantitative estimate of drug-likeness (QED) is 0.805. The molecule has 0 saturated heterocycles. The number of nitrogens with two attached hydrogens (primary N) is 1. The molecule has 2 N–H and O–H groups in total. The molecule has 1 fully saturated rings. The number of rotatable bonds is 5. The van der Waals surface area contributed by atoms with Crippen LogP contribution in [0.25, 0.3) is 0 Å². The Morgan fingerprint density at radius 2 is 2.27 bits per heavy atom. The maximum atomic E-state index is 6.12. The van der Waals surface area contributed by atoms with Crippen LogP contribution in [-0.2, 0) is 6.54 Å². The van der Waals surface area contributed by atoms with Crippen LogP contribution in [0.3, 0.4) is 0 Å².